The Labute approximate surface area is 154 Å². The van der Waals surface area contributed by atoms with E-state index < -0.39 is 0 Å². The largest absolute Gasteiger partial charge is 0.357 e. The molecule has 1 aliphatic heterocycles. The zero-order chi connectivity index (χ0) is 19.1. The molecule has 2 rings (SSSR count). The van der Waals surface area contributed by atoms with Crippen LogP contribution in [0, 0.1) is 5.92 Å². The van der Waals surface area contributed by atoms with Crippen LogP contribution in [0.1, 0.15) is 20.8 Å². The lowest BCUT2D eigenvalue weighted by atomic mass is 10.2. The van der Waals surface area contributed by atoms with E-state index in [9.17, 15) is 9.59 Å². The molecule has 2 N–H and O–H groups in total. The van der Waals surface area contributed by atoms with Gasteiger partial charge in [0.1, 0.15) is 6.54 Å². The lowest BCUT2D eigenvalue weighted by Crippen LogP contribution is -2.55. The molecular formula is C17H29N7O2. The SMILES string of the molecule is CCNC(=NCCNC(=O)C(C)C)N1CCN(c2cnn(C)c2)C(=O)C1. The molecule has 1 aromatic rings. The number of aromatic nitrogens is 2. The number of piperazine rings is 1. The first kappa shape index (κ1) is 19.7. The van der Waals surface area contributed by atoms with Crippen molar-refractivity contribution in [2.75, 3.05) is 44.2 Å². The Morgan fingerprint density at radius 2 is 2.12 bits per heavy atom. The predicted octanol–water partition coefficient (Wildman–Crippen LogP) is -0.194. The topological polar surface area (TPSA) is 94.9 Å². The fourth-order valence-corrected chi connectivity index (χ4v) is 2.65. The van der Waals surface area contributed by atoms with Crippen molar-refractivity contribution in [3.05, 3.63) is 12.4 Å². The summed E-state index contributed by atoms with van der Waals surface area (Å²) in [5.41, 5.74) is 0.815. The molecule has 9 nitrogen and oxygen atoms in total. The third kappa shape index (κ3) is 5.21. The van der Waals surface area contributed by atoms with Crippen molar-refractivity contribution < 1.29 is 9.59 Å². The number of carbonyl (C=O) groups excluding carboxylic acids is 2. The number of guanidine groups is 1. The molecular weight excluding hydrogens is 334 g/mol. The van der Waals surface area contributed by atoms with Crippen molar-refractivity contribution >= 4 is 23.5 Å². The van der Waals surface area contributed by atoms with Crippen LogP contribution < -0.4 is 15.5 Å². The lowest BCUT2D eigenvalue weighted by molar-refractivity contribution is -0.124. The number of amides is 2. The lowest BCUT2D eigenvalue weighted by Gasteiger charge is -2.35. The van der Waals surface area contributed by atoms with E-state index in [2.05, 4.69) is 20.7 Å². The van der Waals surface area contributed by atoms with Gasteiger partial charge >= 0.3 is 0 Å². The quantitative estimate of drug-likeness (QED) is 0.415. The van der Waals surface area contributed by atoms with E-state index in [1.54, 1.807) is 15.8 Å². The Balaban J connectivity index is 1.92. The van der Waals surface area contributed by atoms with Gasteiger partial charge in [0, 0.05) is 45.3 Å². The van der Waals surface area contributed by atoms with E-state index >= 15 is 0 Å². The van der Waals surface area contributed by atoms with Gasteiger partial charge in [-0.1, -0.05) is 13.8 Å². The zero-order valence-corrected chi connectivity index (χ0v) is 16.0. The number of aliphatic imine (C=N–C) groups is 1. The smallest absolute Gasteiger partial charge is 0.246 e. The van der Waals surface area contributed by atoms with Crippen molar-refractivity contribution in [3.8, 4) is 0 Å². The fraction of sp³-hybridized carbons (Fsp3) is 0.647. The first-order valence-electron chi connectivity index (χ1n) is 9.02. The second-order valence-electron chi connectivity index (χ2n) is 6.52. The molecule has 1 aliphatic rings. The Kier molecular flexibility index (Phi) is 6.99. The monoisotopic (exact) mass is 363 g/mol. The fourth-order valence-electron chi connectivity index (χ4n) is 2.65. The third-order valence-corrected chi connectivity index (χ3v) is 4.06. The van der Waals surface area contributed by atoms with Crippen LogP contribution in [0.5, 0.6) is 0 Å². The summed E-state index contributed by atoms with van der Waals surface area (Å²) < 4.78 is 1.69. The highest BCUT2D eigenvalue weighted by atomic mass is 16.2. The summed E-state index contributed by atoms with van der Waals surface area (Å²) in [5, 5.41) is 10.2. The Hall–Kier alpha value is -2.58. The van der Waals surface area contributed by atoms with Crippen LogP contribution in [-0.4, -0.2) is 71.7 Å². The van der Waals surface area contributed by atoms with Gasteiger partial charge in [0.05, 0.1) is 18.4 Å². The van der Waals surface area contributed by atoms with E-state index in [-0.39, 0.29) is 24.3 Å². The second-order valence-corrected chi connectivity index (χ2v) is 6.52. The maximum Gasteiger partial charge on any atom is 0.246 e. The summed E-state index contributed by atoms with van der Waals surface area (Å²) in [6, 6.07) is 0. The molecule has 0 bridgehead atoms. The van der Waals surface area contributed by atoms with Gasteiger partial charge in [-0.25, -0.2) is 0 Å². The molecule has 0 aliphatic carbocycles. The van der Waals surface area contributed by atoms with Crippen molar-refractivity contribution in [1.82, 2.24) is 25.3 Å². The summed E-state index contributed by atoms with van der Waals surface area (Å²) in [5.74, 6) is 0.698. The Morgan fingerprint density at radius 1 is 1.35 bits per heavy atom. The van der Waals surface area contributed by atoms with Gasteiger partial charge in [-0.3, -0.25) is 19.3 Å². The van der Waals surface area contributed by atoms with Crippen LogP contribution >= 0.6 is 0 Å². The number of nitrogens with zero attached hydrogens (tertiary/aromatic N) is 5. The molecule has 0 saturated carbocycles. The van der Waals surface area contributed by atoms with E-state index in [1.807, 2.05) is 38.9 Å². The van der Waals surface area contributed by atoms with Gasteiger partial charge < -0.3 is 20.4 Å². The van der Waals surface area contributed by atoms with E-state index in [4.69, 9.17) is 0 Å². The van der Waals surface area contributed by atoms with Crippen molar-refractivity contribution in [2.45, 2.75) is 20.8 Å². The molecule has 0 spiro atoms. The van der Waals surface area contributed by atoms with Crippen molar-refractivity contribution in [1.29, 1.82) is 0 Å². The van der Waals surface area contributed by atoms with E-state index in [0.717, 1.165) is 5.69 Å². The average Bonchev–Trinajstić information content (AvgIpc) is 3.03. The van der Waals surface area contributed by atoms with Crippen LogP contribution in [0.3, 0.4) is 0 Å². The molecule has 1 fully saturated rings. The molecule has 0 aromatic carbocycles. The highest BCUT2D eigenvalue weighted by Gasteiger charge is 2.27. The molecule has 2 heterocycles. The van der Waals surface area contributed by atoms with Gasteiger partial charge in [0.25, 0.3) is 0 Å². The summed E-state index contributed by atoms with van der Waals surface area (Å²) in [6.45, 7) is 8.90. The van der Waals surface area contributed by atoms with Crippen LogP contribution in [-0.2, 0) is 16.6 Å². The standard InChI is InChI=1S/C17H29N7O2/c1-5-18-17(20-7-6-19-16(26)13(2)3)23-8-9-24(15(25)12-23)14-10-21-22(4)11-14/h10-11,13H,5-9,12H2,1-4H3,(H,18,20)(H,19,26). The first-order chi connectivity index (χ1) is 12.4. The molecule has 1 aromatic heterocycles. The number of hydrogen-bond donors (Lipinski definition) is 2. The molecule has 144 valence electrons. The third-order valence-electron chi connectivity index (χ3n) is 4.06. The number of carbonyl (C=O) groups is 2. The van der Waals surface area contributed by atoms with Crippen LogP contribution in [0.15, 0.2) is 17.4 Å². The van der Waals surface area contributed by atoms with Crippen molar-refractivity contribution in [2.24, 2.45) is 18.0 Å². The van der Waals surface area contributed by atoms with Crippen LogP contribution in [0.4, 0.5) is 5.69 Å². The minimum absolute atomic E-state index is 0.0166. The molecule has 0 unspecified atom stereocenters. The van der Waals surface area contributed by atoms with Crippen LogP contribution in [0.2, 0.25) is 0 Å². The zero-order valence-electron chi connectivity index (χ0n) is 16.0. The summed E-state index contributed by atoms with van der Waals surface area (Å²) >= 11 is 0. The molecule has 2 amide bonds. The van der Waals surface area contributed by atoms with Gasteiger partial charge in [-0.2, -0.15) is 5.10 Å². The predicted molar refractivity (Wildman–Crippen MR) is 101 cm³/mol. The minimum atomic E-state index is -0.0367. The van der Waals surface area contributed by atoms with Crippen molar-refractivity contribution in [3.63, 3.8) is 0 Å². The molecule has 9 heteroatoms. The molecule has 0 atom stereocenters. The maximum absolute atomic E-state index is 12.5. The highest BCUT2D eigenvalue weighted by Crippen LogP contribution is 2.16. The first-order valence-corrected chi connectivity index (χ1v) is 9.02. The van der Waals surface area contributed by atoms with E-state index in [1.165, 1.54) is 0 Å². The number of nitrogens with one attached hydrogen (secondary N) is 2. The summed E-state index contributed by atoms with van der Waals surface area (Å²) in [4.78, 5) is 32.3. The van der Waals surface area contributed by atoms with Gasteiger partial charge in [0.2, 0.25) is 11.8 Å². The maximum atomic E-state index is 12.5. The summed E-state index contributed by atoms with van der Waals surface area (Å²) in [6.07, 6.45) is 3.54. The molecule has 26 heavy (non-hydrogen) atoms. The van der Waals surface area contributed by atoms with Crippen LogP contribution in [0.25, 0.3) is 0 Å². The Bertz CT molecular complexity index is 653. The van der Waals surface area contributed by atoms with E-state index in [0.29, 0.717) is 38.7 Å². The number of anilines is 1. The minimum Gasteiger partial charge on any atom is -0.357 e. The second kappa shape index (κ2) is 9.21. The number of aryl methyl sites for hydroxylation is 1. The molecule has 1 saturated heterocycles. The number of rotatable bonds is 6. The highest BCUT2D eigenvalue weighted by molar-refractivity contribution is 5.98. The van der Waals surface area contributed by atoms with Gasteiger partial charge in [0.15, 0.2) is 5.96 Å². The normalized spacial score (nSPS) is 15.6. The van der Waals surface area contributed by atoms with Gasteiger partial charge in [-0.05, 0) is 6.92 Å². The Morgan fingerprint density at radius 3 is 2.69 bits per heavy atom. The summed E-state index contributed by atoms with van der Waals surface area (Å²) in [7, 11) is 1.83. The van der Waals surface area contributed by atoms with Gasteiger partial charge in [-0.15, -0.1) is 0 Å². The molecule has 0 radical (unpaired) electrons. The average molecular weight is 363 g/mol. The number of hydrogen-bond acceptors (Lipinski definition) is 4.